The third-order valence-corrected chi connectivity index (χ3v) is 3.29. The molecule has 1 amide bonds. The molecule has 8 heteroatoms. The highest BCUT2D eigenvalue weighted by molar-refractivity contribution is 6.34. The number of hydrogen-bond donors (Lipinski definition) is 1. The Kier molecular flexibility index (Phi) is 5.92. The van der Waals surface area contributed by atoms with Gasteiger partial charge in [0.05, 0.1) is 9.95 Å². The lowest BCUT2D eigenvalue weighted by Gasteiger charge is -2.20. The summed E-state index contributed by atoms with van der Waals surface area (Å²) in [6.45, 7) is 1.22. The Balaban J connectivity index is 3.08. The van der Waals surface area contributed by atoms with Crippen LogP contribution < -0.4 is 5.32 Å². The van der Waals surface area contributed by atoms with Crippen molar-refractivity contribution in [2.75, 3.05) is 46.6 Å². The molecule has 21 heavy (non-hydrogen) atoms. The van der Waals surface area contributed by atoms with E-state index in [1.807, 2.05) is 19.0 Å². The SMILES string of the molecule is CNc1c(Cl)cc(C(=O)N(C)CCN(C)C)cc1[N+](=O)[O-]. The van der Waals surface area contributed by atoms with Crippen LogP contribution in [-0.4, -0.2) is 61.9 Å². The van der Waals surface area contributed by atoms with Crippen molar-refractivity contribution < 1.29 is 9.72 Å². The number of nitro benzene ring substituents is 1. The lowest BCUT2D eigenvalue weighted by molar-refractivity contribution is -0.383. The van der Waals surface area contributed by atoms with Gasteiger partial charge in [-0.05, 0) is 20.2 Å². The third kappa shape index (κ3) is 4.30. The van der Waals surface area contributed by atoms with Crippen molar-refractivity contribution in [3.05, 3.63) is 32.8 Å². The van der Waals surface area contributed by atoms with E-state index in [0.29, 0.717) is 13.1 Å². The van der Waals surface area contributed by atoms with Gasteiger partial charge in [-0.25, -0.2) is 0 Å². The molecule has 0 aromatic heterocycles. The summed E-state index contributed by atoms with van der Waals surface area (Å²) < 4.78 is 0. The molecule has 0 aliphatic heterocycles. The molecule has 0 unspecified atom stereocenters. The van der Waals surface area contributed by atoms with Crippen LogP contribution in [0.15, 0.2) is 12.1 Å². The zero-order valence-corrected chi connectivity index (χ0v) is 13.3. The molecule has 1 aromatic rings. The summed E-state index contributed by atoms with van der Waals surface area (Å²) in [7, 11) is 7.00. The van der Waals surface area contributed by atoms with Gasteiger partial charge in [-0.1, -0.05) is 11.6 Å². The number of benzene rings is 1. The summed E-state index contributed by atoms with van der Waals surface area (Å²) in [5.41, 5.74) is 0.190. The maximum Gasteiger partial charge on any atom is 0.294 e. The van der Waals surface area contributed by atoms with Gasteiger partial charge in [0.15, 0.2) is 0 Å². The van der Waals surface area contributed by atoms with E-state index >= 15 is 0 Å². The van der Waals surface area contributed by atoms with E-state index < -0.39 is 4.92 Å². The van der Waals surface area contributed by atoms with Crippen molar-refractivity contribution in [1.29, 1.82) is 0 Å². The van der Waals surface area contributed by atoms with Gasteiger partial charge in [0.1, 0.15) is 5.69 Å². The van der Waals surface area contributed by atoms with Crippen molar-refractivity contribution in [2.24, 2.45) is 0 Å². The highest BCUT2D eigenvalue weighted by Gasteiger charge is 2.22. The molecule has 0 radical (unpaired) electrons. The minimum atomic E-state index is -0.561. The zero-order valence-electron chi connectivity index (χ0n) is 12.5. The maximum atomic E-state index is 12.3. The number of halogens is 1. The number of nitrogens with one attached hydrogen (secondary N) is 1. The fraction of sp³-hybridized carbons (Fsp3) is 0.462. The molecule has 0 saturated heterocycles. The Bertz CT molecular complexity index is 548. The van der Waals surface area contributed by atoms with Crippen LogP contribution in [-0.2, 0) is 0 Å². The van der Waals surface area contributed by atoms with E-state index in [4.69, 9.17) is 11.6 Å². The molecule has 1 rings (SSSR count). The summed E-state index contributed by atoms with van der Waals surface area (Å²) in [5.74, 6) is -0.301. The van der Waals surface area contributed by atoms with Crippen LogP contribution >= 0.6 is 11.6 Å². The Labute approximate surface area is 128 Å². The zero-order chi connectivity index (χ0) is 16.2. The van der Waals surface area contributed by atoms with Gasteiger partial charge in [-0.3, -0.25) is 14.9 Å². The number of likely N-dealkylation sites (N-methyl/N-ethyl adjacent to an activating group) is 2. The number of carbonyl (C=O) groups is 1. The van der Waals surface area contributed by atoms with Gasteiger partial charge >= 0.3 is 0 Å². The van der Waals surface area contributed by atoms with E-state index in [2.05, 4.69) is 5.32 Å². The molecule has 0 fully saturated rings. The first-order chi connectivity index (χ1) is 9.77. The van der Waals surface area contributed by atoms with Crippen LogP contribution in [0.5, 0.6) is 0 Å². The monoisotopic (exact) mass is 314 g/mol. The second-order valence-electron chi connectivity index (χ2n) is 4.89. The van der Waals surface area contributed by atoms with E-state index in [-0.39, 0.29) is 27.9 Å². The van der Waals surface area contributed by atoms with Crippen molar-refractivity contribution in [2.45, 2.75) is 0 Å². The summed E-state index contributed by atoms with van der Waals surface area (Å²) in [4.78, 5) is 26.3. The summed E-state index contributed by atoms with van der Waals surface area (Å²) in [6.07, 6.45) is 0. The van der Waals surface area contributed by atoms with Gasteiger partial charge in [0, 0.05) is 38.8 Å². The quantitative estimate of drug-likeness (QED) is 0.641. The number of amides is 1. The Morgan fingerprint density at radius 1 is 1.33 bits per heavy atom. The molecule has 0 heterocycles. The molecule has 1 aromatic carbocycles. The summed E-state index contributed by atoms with van der Waals surface area (Å²) >= 11 is 6.01. The minimum Gasteiger partial charge on any atom is -0.381 e. The van der Waals surface area contributed by atoms with E-state index in [0.717, 1.165) is 0 Å². The predicted molar refractivity (Wildman–Crippen MR) is 83.2 cm³/mol. The lowest BCUT2D eigenvalue weighted by atomic mass is 10.1. The van der Waals surface area contributed by atoms with Crippen molar-refractivity contribution in [1.82, 2.24) is 9.80 Å². The predicted octanol–water partition coefficient (Wildman–Crippen LogP) is 1.92. The number of carbonyl (C=O) groups excluding carboxylic acids is 1. The normalized spacial score (nSPS) is 10.6. The first-order valence-corrected chi connectivity index (χ1v) is 6.71. The van der Waals surface area contributed by atoms with Crippen molar-refractivity contribution >= 4 is 28.9 Å². The molecular formula is C13H19ClN4O3. The van der Waals surface area contributed by atoms with Crippen LogP contribution in [0.2, 0.25) is 5.02 Å². The Morgan fingerprint density at radius 2 is 1.95 bits per heavy atom. The highest BCUT2D eigenvalue weighted by atomic mass is 35.5. The molecule has 0 aliphatic carbocycles. The fourth-order valence-corrected chi connectivity index (χ4v) is 2.09. The second-order valence-corrected chi connectivity index (χ2v) is 5.30. The van der Waals surface area contributed by atoms with Crippen LogP contribution in [0.25, 0.3) is 0 Å². The van der Waals surface area contributed by atoms with Crippen molar-refractivity contribution in [3.63, 3.8) is 0 Å². The van der Waals surface area contributed by atoms with Crippen molar-refractivity contribution in [3.8, 4) is 0 Å². The molecule has 0 bridgehead atoms. The number of nitrogens with zero attached hydrogens (tertiary/aromatic N) is 3. The molecular weight excluding hydrogens is 296 g/mol. The largest absolute Gasteiger partial charge is 0.381 e. The third-order valence-electron chi connectivity index (χ3n) is 2.99. The van der Waals surface area contributed by atoms with Crippen LogP contribution in [0, 0.1) is 10.1 Å². The van der Waals surface area contributed by atoms with Gasteiger partial charge < -0.3 is 15.1 Å². The van der Waals surface area contributed by atoms with Gasteiger partial charge in [0.25, 0.3) is 11.6 Å². The van der Waals surface area contributed by atoms with E-state index in [1.165, 1.54) is 17.0 Å². The topological polar surface area (TPSA) is 78.7 Å². The van der Waals surface area contributed by atoms with E-state index in [9.17, 15) is 14.9 Å². The number of anilines is 1. The van der Waals surface area contributed by atoms with Gasteiger partial charge in [-0.15, -0.1) is 0 Å². The Morgan fingerprint density at radius 3 is 2.43 bits per heavy atom. The number of nitro groups is 1. The molecule has 0 spiro atoms. The maximum absolute atomic E-state index is 12.3. The van der Waals surface area contributed by atoms with E-state index in [1.54, 1.807) is 14.1 Å². The molecule has 0 aliphatic rings. The fourth-order valence-electron chi connectivity index (χ4n) is 1.78. The molecule has 0 saturated carbocycles. The lowest BCUT2D eigenvalue weighted by Crippen LogP contribution is -2.33. The smallest absolute Gasteiger partial charge is 0.294 e. The van der Waals surface area contributed by atoms with Gasteiger partial charge in [0.2, 0.25) is 0 Å². The minimum absolute atomic E-state index is 0.149. The molecule has 1 N–H and O–H groups in total. The van der Waals surface area contributed by atoms with Crippen LogP contribution in [0.4, 0.5) is 11.4 Å². The first kappa shape index (κ1) is 17.2. The standard InChI is InChI=1S/C13H19ClN4O3/c1-15-12-10(14)7-9(8-11(12)18(20)21)13(19)17(4)6-5-16(2)3/h7-8,15H,5-6H2,1-4H3. The summed E-state index contributed by atoms with van der Waals surface area (Å²) in [5, 5.41) is 13.9. The number of hydrogen-bond acceptors (Lipinski definition) is 5. The Hall–Kier alpha value is -1.86. The average molecular weight is 315 g/mol. The van der Waals surface area contributed by atoms with Crippen LogP contribution in [0.3, 0.4) is 0 Å². The molecule has 0 atom stereocenters. The molecule has 7 nitrogen and oxygen atoms in total. The summed E-state index contributed by atoms with van der Waals surface area (Å²) in [6, 6.07) is 2.68. The van der Waals surface area contributed by atoms with Gasteiger partial charge in [-0.2, -0.15) is 0 Å². The van der Waals surface area contributed by atoms with Crippen LogP contribution in [0.1, 0.15) is 10.4 Å². The number of rotatable bonds is 6. The average Bonchev–Trinajstić information content (AvgIpc) is 2.42. The second kappa shape index (κ2) is 7.24. The highest BCUT2D eigenvalue weighted by Crippen LogP contribution is 2.33. The first-order valence-electron chi connectivity index (χ1n) is 6.33. The molecule has 116 valence electrons.